The number of rotatable bonds is 2. The lowest BCUT2D eigenvalue weighted by Crippen LogP contribution is -2.06. The van der Waals surface area contributed by atoms with Crippen molar-refractivity contribution in [2.45, 2.75) is 25.7 Å². The highest BCUT2D eigenvalue weighted by molar-refractivity contribution is 5.41. The molecule has 16 heavy (non-hydrogen) atoms. The maximum Gasteiger partial charge on any atom is 0.264 e. The first-order valence-electron chi connectivity index (χ1n) is 5.63. The van der Waals surface area contributed by atoms with Crippen LogP contribution in [0.3, 0.4) is 0 Å². The van der Waals surface area contributed by atoms with E-state index in [-0.39, 0.29) is 5.56 Å². The summed E-state index contributed by atoms with van der Waals surface area (Å²) in [7, 11) is 0. The van der Waals surface area contributed by atoms with E-state index in [1.165, 1.54) is 18.4 Å². The van der Waals surface area contributed by atoms with E-state index in [0.29, 0.717) is 5.92 Å². The Labute approximate surface area is 93.7 Å². The number of aromatic nitrogens is 2. The predicted molar refractivity (Wildman–Crippen MR) is 63.1 cm³/mol. The third kappa shape index (κ3) is 1.48. The molecule has 2 aromatic rings. The first-order chi connectivity index (χ1) is 7.75. The molecular weight excluding hydrogens is 200 g/mol. The summed E-state index contributed by atoms with van der Waals surface area (Å²) in [4.78, 5) is 11.5. The molecule has 3 heteroatoms. The minimum Gasteiger partial charge on any atom is -0.268 e. The molecule has 1 aromatic heterocycles. The second-order valence-corrected chi connectivity index (χ2v) is 4.44. The molecule has 0 unspecified atom stereocenters. The number of H-pyrrole nitrogens is 1. The average Bonchev–Trinajstić information content (AvgIpc) is 3.03. The van der Waals surface area contributed by atoms with Gasteiger partial charge in [-0.25, -0.2) is 0 Å². The topological polar surface area (TPSA) is 37.8 Å². The van der Waals surface area contributed by atoms with E-state index in [9.17, 15) is 4.79 Å². The number of para-hydroxylation sites is 1. The molecule has 0 atom stereocenters. The molecule has 0 saturated heterocycles. The Kier molecular flexibility index (Phi) is 1.99. The van der Waals surface area contributed by atoms with E-state index >= 15 is 0 Å². The second-order valence-electron chi connectivity index (χ2n) is 4.44. The van der Waals surface area contributed by atoms with Crippen molar-refractivity contribution in [3.8, 4) is 5.69 Å². The highest BCUT2D eigenvalue weighted by Gasteiger charge is 2.28. The van der Waals surface area contributed by atoms with E-state index in [2.05, 4.69) is 18.1 Å². The summed E-state index contributed by atoms with van der Waals surface area (Å²) >= 11 is 0. The Morgan fingerprint density at radius 2 is 2.06 bits per heavy atom. The molecule has 1 aliphatic carbocycles. The van der Waals surface area contributed by atoms with Crippen LogP contribution >= 0.6 is 0 Å². The summed E-state index contributed by atoms with van der Waals surface area (Å²) in [6, 6.07) is 9.83. The molecule has 3 nitrogen and oxygen atoms in total. The molecule has 1 aliphatic rings. The molecule has 3 rings (SSSR count). The van der Waals surface area contributed by atoms with Crippen molar-refractivity contribution < 1.29 is 0 Å². The molecule has 0 bridgehead atoms. The van der Waals surface area contributed by atoms with Crippen molar-refractivity contribution in [2.75, 3.05) is 0 Å². The molecule has 0 aliphatic heterocycles. The van der Waals surface area contributed by atoms with Crippen LogP contribution in [0.15, 0.2) is 35.1 Å². The van der Waals surface area contributed by atoms with Gasteiger partial charge in [-0.2, -0.15) is 0 Å². The Bertz CT molecular complexity index is 576. The quantitative estimate of drug-likeness (QED) is 0.818. The molecule has 1 fully saturated rings. The second kappa shape index (κ2) is 3.37. The van der Waals surface area contributed by atoms with Crippen molar-refractivity contribution >= 4 is 0 Å². The number of aromatic amines is 1. The van der Waals surface area contributed by atoms with E-state index in [4.69, 9.17) is 0 Å². The zero-order chi connectivity index (χ0) is 11.1. The Hall–Kier alpha value is -1.77. The lowest BCUT2D eigenvalue weighted by Gasteiger charge is -2.10. The van der Waals surface area contributed by atoms with Gasteiger partial charge in [-0.15, -0.1) is 0 Å². The van der Waals surface area contributed by atoms with Crippen molar-refractivity contribution in [3.63, 3.8) is 0 Å². The smallest absolute Gasteiger partial charge is 0.264 e. The number of hydrogen-bond donors (Lipinski definition) is 1. The van der Waals surface area contributed by atoms with Gasteiger partial charge in [-0.05, 0) is 31.4 Å². The largest absolute Gasteiger partial charge is 0.268 e. The molecular formula is C13H14N2O. The normalized spacial score (nSPS) is 15.3. The van der Waals surface area contributed by atoms with Gasteiger partial charge in [0.05, 0.1) is 5.69 Å². The molecule has 0 radical (unpaired) electrons. The summed E-state index contributed by atoms with van der Waals surface area (Å²) in [5.74, 6) is 0.568. The van der Waals surface area contributed by atoms with Crippen molar-refractivity contribution in [1.82, 2.24) is 9.78 Å². The van der Waals surface area contributed by atoms with E-state index in [0.717, 1.165) is 11.4 Å². The number of nitrogens with one attached hydrogen (secondary N) is 1. The van der Waals surface area contributed by atoms with Crippen LogP contribution in [0.25, 0.3) is 5.69 Å². The fourth-order valence-corrected chi connectivity index (χ4v) is 2.10. The molecule has 0 amide bonds. The van der Waals surface area contributed by atoms with E-state index in [1.807, 2.05) is 22.9 Å². The van der Waals surface area contributed by atoms with Gasteiger partial charge in [0.25, 0.3) is 5.56 Å². The van der Waals surface area contributed by atoms with Crippen LogP contribution in [0.5, 0.6) is 0 Å². The maximum absolute atomic E-state index is 11.5. The summed E-state index contributed by atoms with van der Waals surface area (Å²) < 4.78 is 1.94. The van der Waals surface area contributed by atoms with Gasteiger partial charge in [0.1, 0.15) is 0 Å². The Balaban J connectivity index is 2.19. The average molecular weight is 214 g/mol. The highest BCUT2D eigenvalue weighted by Crippen LogP contribution is 2.40. The van der Waals surface area contributed by atoms with Crippen LogP contribution in [0.4, 0.5) is 0 Å². The SMILES string of the molecule is Cc1ccccc1-n1[nH]c(=O)cc1C1CC1. The minimum absolute atomic E-state index is 0.00912. The van der Waals surface area contributed by atoms with E-state index < -0.39 is 0 Å². The summed E-state index contributed by atoms with van der Waals surface area (Å²) in [6.07, 6.45) is 2.40. The molecule has 1 N–H and O–H groups in total. The highest BCUT2D eigenvalue weighted by atomic mass is 16.1. The van der Waals surface area contributed by atoms with Crippen LogP contribution in [-0.2, 0) is 0 Å². The van der Waals surface area contributed by atoms with Gasteiger partial charge in [0.15, 0.2) is 0 Å². The lowest BCUT2D eigenvalue weighted by atomic mass is 10.2. The van der Waals surface area contributed by atoms with Gasteiger partial charge in [-0.3, -0.25) is 14.6 Å². The Morgan fingerprint density at radius 1 is 1.31 bits per heavy atom. The standard InChI is InChI=1S/C13H14N2O/c1-9-4-2-3-5-11(9)15-12(10-6-7-10)8-13(16)14-15/h2-5,8,10H,6-7H2,1H3,(H,14,16). The molecule has 1 heterocycles. The van der Waals surface area contributed by atoms with Crippen LogP contribution in [0.1, 0.15) is 30.0 Å². The summed E-state index contributed by atoms with van der Waals surface area (Å²) in [6.45, 7) is 2.06. The van der Waals surface area contributed by atoms with Crippen molar-refractivity contribution in [3.05, 3.63) is 51.9 Å². The van der Waals surface area contributed by atoms with Crippen LogP contribution in [0.2, 0.25) is 0 Å². The number of hydrogen-bond acceptors (Lipinski definition) is 1. The van der Waals surface area contributed by atoms with Crippen molar-refractivity contribution in [1.29, 1.82) is 0 Å². The molecule has 1 aromatic carbocycles. The molecule has 1 saturated carbocycles. The van der Waals surface area contributed by atoms with Crippen molar-refractivity contribution in [2.24, 2.45) is 0 Å². The zero-order valence-corrected chi connectivity index (χ0v) is 9.23. The molecule has 82 valence electrons. The third-order valence-corrected chi connectivity index (χ3v) is 3.11. The van der Waals surface area contributed by atoms with Gasteiger partial charge < -0.3 is 0 Å². The first-order valence-corrected chi connectivity index (χ1v) is 5.63. The predicted octanol–water partition coefficient (Wildman–Crippen LogP) is 2.35. The zero-order valence-electron chi connectivity index (χ0n) is 9.23. The Morgan fingerprint density at radius 3 is 2.75 bits per heavy atom. The van der Waals surface area contributed by atoms with Crippen LogP contribution < -0.4 is 5.56 Å². The number of benzene rings is 1. The fraction of sp³-hybridized carbons (Fsp3) is 0.308. The molecule has 0 spiro atoms. The number of aryl methyl sites for hydroxylation is 1. The maximum atomic E-state index is 11.5. The summed E-state index contributed by atoms with van der Waals surface area (Å²) in [5, 5.41) is 2.88. The summed E-state index contributed by atoms with van der Waals surface area (Å²) in [5.41, 5.74) is 3.37. The first kappa shape index (κ1) is 9.46. The van der Waals surface area contributed by atoms with Gasteiger partial charge in [-0.1, -0.05) is 18.2 Å². The van der Waals surface area contributed by atoms with Gasteiger partial charge >= 0.3 is 0 Å². The van der Waals surface area contributed by atoms with E-state index in [1.54, 1.807) is 6.07 Å². The lowest BCUT2D eigenvalue weighted by molar-refractivity contribution is 0.795. The number of nitrogens with zero attached hydrogens (tertiary/aromatic N) is 1. The van der Waals surface area contributed by atoms with Gasteiger partial charge in [0, 0.05) is 17.7 Å². The van der Waals surface area contributed by atoms with Crippen LogP contribution in [0, 0.1) is 6.92 Å². The monoisotopic (exact) mass is 214 g/mol. The fourth-order valence-electron chi connectivity index (χ4n) is 2.10. The minimum atomic E-state index is -0.00912. The third-order valence-electron chi connectivity index (χ3n) is 3.11. The van der Waals surface area contributed by atoms with Gasteiger partial charge in [0.2, 0.25) is 0 Å². The van der Waals surface area contributed by atoms with Crippen LogP contribution in [-0.4, -0.2) is 9.78 Å².